The average molecular weight is 513 g/mol. The van der Waals surface area contributed by atoms with Crippen LogP contribution in [0.1, 0.15) is 78.6 Å². The molecule has 0 radical (unpaired) electrons. The molecule has 2 amide bonds. The van der Waals surface area contributed by atoms with Crippen LogP contribution in [-0.4, -0.2) is 85.9 Å². The molecule has 10 heteroatoms. The third-order valence-electron chi connectivity index (χ3n) is 6.51. The highest BCUT2D eigenvalue weighted by Crippen LogP contribution is 2.13. The fourth-order valence-electron chi connectivity index (χ4n) is 4.01. The van der Waals surface area contributed by atoms with E-state index in [1.165, 1.54) is 56.1 Å². The number of hydrogen-bond acceptors (Lipinski definition) is 8. The van der Waals surface area contributed by atoms with Crippen LogP contribution in [0.5, 0.6) is 0 Å². The summed E-state index contributed by atoms with van der Waals surface area (Å²) in [5.41, 5.74) is -1.69. The first-order valence-corrected chi connectivity index (χ1v) is 13.7. The molecule has 36 heavy (non-hydrogen) atoms. The van der Waals surface area contributed by atoms with Crippen molar-refractivity contribution < 1.29 is 19.5 Å². The first kappa shape index (κ1) is 32.3. The number of hydrogen-bond donors (Lipinski definition) is 6. The van der Waals surface area contributed by atoms with Gasteiger partial charge in [-0.2, -0.15) is 5.06 Å². The second kappa shape index (κ2) is 18.5. The van der Waals surface area contributed by atoms with Gasteiger partial charge in [-0.1, -0.05) is 64.9 Å². The van der Waals surface area contributed by atoms with Gasteiger partial charge < -0.3 is 31.2 Å². The topological polar surface area (TPSA) is 127 Å². The van der Waals surface area contributed by atoms with Gasteiger partial charge in [-0.05, 0) is 26.3 Å². The van der Waals surface area contributed by atoms with Crippen LogP contribution in [0.2, 0.25) is 0 Å². The number of amides is 2. The van der Waals surface area contributed by atoms with Crippen molar-refractivity contribution in [3.63, 3.8) is 0 Å². The summed E-state index contributed by atoms with van der Waals surface area (Å²) in [6, 6.07) is 0. The number of carbonyl (C=O) groups is 2. The number of alkyl carbamates (subject to hydrolysis) is 1. The minimum atomic E-state index is -1.07. The molecule has 1 heterocycles. The molecule has 1 atom stereocenters. The van der Waals surface area contributed by atoms with Crippen molar-refractivity contribution in [3.8, 4) is 0 Å². The van der Waals surface area contributed by atoms with E-state index in [0.29, 0.717) is 45.8 Å². The summed E-state index contributed by atoms with van der Waals surface area (Å²) in [7, 11) is 0. The van der Waals surface area contributed by atoms with Crippen LogP contribution in [-0.2, 0) is 9.53 Å². The predicted octanol–water partition coefficient (Wildman–Crippen LogP) is 2.49. The van der Waals surface area contributed by atoms with E-state index in [0.717, 1.165) is 12.8 Å². The summed E-state index contributed by atoms with van der Waals surface area (Å²) < 4.78 is 5.54. The Kier molecular flexibility index (Phi) is 16.6. The van der Waals surface area contributed by atoms with E-state index in [2.05, 4.69) is 40.1 Å². The third kappa shape index (κ3) is 14.1. The molecular formula is C26H52N6O4. The van der Waals surface area contributed by atoms with E-state index in [-0.39, 0.29) is 12.5 Å². The third-order valence-corrected chi connectivity index (χ3v) is 6.51. The largest absolute Gasteiger partial charge is 0.446 e. The lowest BCUT2D eigenvalue weighted by molar-refractivity contribution is -0.161. The highest BCUT2D eigenvalue weighted by atomic mass is 16.6. The Hall–Kier alpha value is -1.72. The van der Waals surface area contributed by atoms with Gasteiger partial charge in [0.05, 0.1) is 5.54 Å². The van der Waals surface area contributed by atoms with Gasteiger partial charge in [-0.15, -0.1) is 0 Å². The van der Waals surface area contributed by atoms with E-state index in [9.17, 15) is 14.8 Å². The van der Waals surface area contributed by atoms with E-state index in [4.69, 9.17) is 4.74 Å². The van der Waals surface area contributed by atoms with Crippen LogP contribution >= 0.6 is 0 Å². The van der Waals surface area contributed by atoms with Gasteiger partial charge in [0.1, 0.15) is 12.3 Å². The molecule has 1 aliphatic heterocycles. The number of unbranched alkanes of at least 4 members (excludes halogenated alkanes) is 8. The quantitative estimate of drug-likeness (QED) is 0.155. The normalized spacial score (nSPS) is 21.6. The van der Waals surface area contributed by atoms with Crippen LogP contribution in [0.3, 0.4) is 0 Å². The van der Waals surface area contributed by atoms with Gasteiger partial charge in [-0.25, -0.2) is 4.79 Å². The molecule has 1 saturated heterocycles. The maximum atomic E-state index is 12.4. The molecule has 0 bridgehead atoms. The van der Waals surface area contributed by atoms with Crippen molar-refractivity contribution in [1.82, 2.24) is 31.6 Å². The molecule has 1 unspecified atom stereocenters. The fraction of sp³-hybridized carbons (Fsp3) is 0.846. The molecule has 210 valence electrons. The number of nitrogens with one attached hydrogen (secondary N) is 5. The summed E-state index contributed by atoms with van der Waals surface area (Å²) in [5.74, 6) is -0.383. The Morgan fingerprint density at radius 2 is 1.64 bits per heavy atom. The molecule has 6 N–H and O–H groups in total. The van der Waals surface area contributed by atoms with Crippen LogP contribution in [0, 0.1) is 0 Å². The van der Waals surface area contributed by atoms with Crippen molar-refractivity contribution in [2.75, 3.05) is 52.4 Å². The van der Waals surface area contributed by atoms with Crippen molar-refractivity contribution >= 4 is 12.0 Å². The number of hydroxylamine groups is 2. The zero-order valence-electron chi connectivity index (χ0n) is 22.9. The van der Waals surface area contributed by atoms with E-state index in [1.807, 2.05) is 13.8 Å². The number of rotatable bonds is 14. The Labute approximate surface area is 218 Å². The molecule has 1 fully saturated rings. The molecule has 0 aromatic carbocycles. The molecular weight excluding hydrogens is 460 g/mol. The number of carbonyl (C=O) groups excluding carboxylic acids is 2. The summed E-state index contributed by atoms with van der Waals surface area (Å²) in [5, 5.41) is 27.4. The van der Waals surface area contributed by atoms with Gasteiger partial charge in [0.15, 0.2) is 0 Å². The smallest absolute Gasteiger partial charge is 0.407 e. The lowest BCUT2D eigenvalue weighted by Gasteiger charge is -2.41. The Balaban J connectivity index is 2.58. The minimum absolute atomic E-state index is 0.0852. The predicted molar refractivity (Wildman–Crippen MR) is 144 cm³/mol. The monoisotopic (exact) mass is 512 g/mol. The van der Waals surface area contributed by atoms with E-state index in [1.54, 1.807) is 0 Å². The highest BCUT2D eigenvalue weighted by Gasteiger charge is 2.36. The molecule has 1 rings (SSSR count). The first-order chi connectivity index (χ1) is 17.2. The summed E-state index contributed by atoms with van der Waals surface area (Å²) in [6.07, 6.45) is 11.6. The zero-order chi connectivity index (χ0) is 26.7. The molecule has 0 saturated carbocycles. The molecule has 0 spiro atoms. The average Bonchev–Trinajstić information content (AvgIpc) is 2.85. The Morgan fingerprint density at radius 1 is 1.00 bits per heavy atom. The van der Waals surface area contributed by atoms with Gasteiger partial charge >= 0.3 is 6.09 Å². The zero-order valence-corrected chi connectivity index (χ0v) is 22.9. The van der Waals surface area contributed by atoms with Crippen LogP contribution in [0.4, 0.5) is 4.79 Å². The van der Waals surface area contributed by atoms with Crippen LogP contribution in [0.15, 0.2) is 12.7 Å². The van der Waals surface area contributed by atoms with Crippen LogP contribution in [0.25, 0.3) is 0 Å². The second-order valence-electron chi connectivity index (χ2n) is 10.3. The second-order valence-corrected chi connectivity index (χ2v) is 10.3. The molecule has 1 aliphatic rings. The fourth-order valence-corrected chi connectivity index (χ4v) is 4.01. The van der Waals surface area contributed by atoms with Crippen molar-refractivity contribution in [2.24, 2.45) is 0 Å². The lowest BCUT2D eigenvalue weighted by atomic mass is 10.0. The van der Waals surface area contributed by atoms with Crippen LogP contribution < -0.4 is 26.6 Å². The Morgan fingerprint density at radius 3 is 2.31 bits per heavy atom. The molecule has 0 aliphatic carbocycles. The molecule has 0 aromatic heterocycles. The number of ether oxygens (including phenoxy) is 1. The summed E-state index contributed by atoms with van der Waals surface area (Å²) in [6.45, 7) is 13.2. The molecule has 0 aromatic rings. The molecule has 10 nitrogen and oxygen atoms in total. The Bertz CT molecular complexity index is 634. The van der Waals surface area contributed by atoms with Gasteiger partial charge in [0.2, 0.25) is 5.91 Å². The lowest BCUT2D eigenvalue weighted by Crippen LogP contribution is -2.69. The highest BCUT2D eigenvalue weighted by molar-refractivity contribution is 5.87. The van der Waals surface area contributed by atoms with Crippen molar-refractivity contribution in [3.05, 3.63) is 12.7 Å². The first-order valence-electron chi connectivity index (χ1n) is 13.7. The summed E-state index contributed by atoms with van der Waals surface area (Å²) in [4.78, 5) is 24.7. The van der Waals surface area contributed by atoms with Gasteiger partial charge in [0, 0.05) is 45.8 Å². The SMILES string of the molecule is C=CC(=O)NC1(COC(=O)NCCCCCCCCCCC)CNCCNCCN(O)C(C)(C)CN1. The van der Waals surface area contributed by atoms with Gasteiger partial charge in [-0.3, -0.25) is 10.1 Å². The maximum absolute atomic E-state index is 12.4. The standard InChI is InChI=1S/C26H52N6O4/c1-5-7-8-9-10-11-12-13-14-15-29-24(34)36-22-26(31-23(33)6-2)21-28-17-16-27-18-19-32(35)25(3,4)20-30-26/h6,27-28,30,35H,2,5,7-22H2,1,3-4H3,(H,29,34)(H,31,33). The van der Waals surface area contributed by atoms with E-state index >= 15 is 0 Å². The van der Waals surface area contributed by atoms with Crippen molar-refractivity contribution in [1.29, 1.82) is 0 Å². The summed E-state index contributed by atoms with van der Waals surface area (Å²) >= 11 is 0. The number of nitrogens with zero attached hydrogens (tertiary/aromatic N) is 1. The van der Waals surface area contributed by atoms with Crippen molar-refractivity contribution in [2.45, 2.75) is 89.8 Å². The van der Waals surface area contributed by atoms with Gasteiger partial charge in [0.25, 0.3) is 0 Å². The minimum Gasteiger partial charge on any atom is -0.446 e. The van der Waals surface area contributed by atoms with E-state index < -0.39 is 17.3 Å². The maximum Gasteiger partial charge on any atom is 0.407 e.